The number of ether oxygens (including phenoxy) is 1. The first-order chi connectivity index (χ1) is 10.6. The van der Waals surface area contributed by atoms with Gasteiger partial charge in [-0.05, 0) is 37.5 Å². The van der Waals surface area contributed by atoms with E-state index in [0.29, 0.717) is 12.2 Å². The molecule has 1 fully saturated rings. The van der Waals surface area contributed by atoms with Gasteiger partial charge in [0.1, 0.15) is 0 Å². The Morgan fingerprint density at radius 2 is 2.14 bits per heavy atom. The van der Waals surface area contributed by atoms with Crippen LogP contribution in [0.1, 0.15) is 38.2 Å². The zero-order chi connectivity index (χ0) is 16.0. The highest BCUT2D eigenvalue weighted by Crippen LogP contribution is 2.28. The number of hydrogen-bond donors (Lipinski definition) is 3. The van der Waals surface area contributed by atoms with Crippen LogP contribution in [0.25, 0.3) is 0 Å². The average molecular weight is 310 g/mol. The first kappa shape index (κ1) is 16.5. The molecular weight excluding hydrogens is 287 g/mol. The van der Waals surface area contributed by atoms with Crippen molar-refractivity contribution in [1.82, 2.24) is 10.6 Å². The van der Waals surface area contributed by atoms with E-state index >= 15 is 0 Å². The summed E-state index contributed by atoms with van der Waals surface area (Å²) in [5.74, 6) is -0.231. The van der Waals surface area contributed by atoms with Crippen molar-refractivity contribution in [3.63, 3.8) is 0 Å². The molecule has 1 aliphatic rings. The second kappa shape index (κ2) is 7.45. The third kappa shape index (κ3) is 4.10. The number of hydrogen-bond acceptors (Lipinski definition) is 3. The second-order valence-electron chi connectivity index (χ2n) is 5.65. The fraction of sp³-hybridized carbons (Fsp3) is 0.562. The van der Waals surface area contributed by atoms with E-state index in [9.17, 15) is 14.3 Å². The normalized spacial score (nSPS) is 16.3. The minimum absolute atomic E-state index is 0.0574. The van der Waals surface area contributed by atoms with Gasteiger partial charge in [0.2, 0.25) is 0 Å². The van der Waals surface area contributed by atoms with Crippen LogP contribution in [0.4, 0.5) is 9.18 Å². The predicted octanol–water partition coefficient (Wildman–Crippen LogP) is 2.33. The fourth-order valence-corrected chi connectivity index (χ4v) is 2.77. The molecule has 0 atom stereocenters. The third-order valence-corrected chi connectivity index (χ3v) is 3.99. The summed E-state index contributed by atoms with van der Waals surface area (Å²) in [6.07, 6.45) is 3.58. The van der Waals surface area contributed by atoms with Gasteiger partial charge in [0, 0.05) is 6.54 Å². The molecule has 1 aromatic carbocycles. The van der Waals surface area contributed by atoms with Gasteiger partial charge in [-0.25, -0.2) is 9.18 Å². The van der Waals surface area contributed by atoms with Crippen molar-refractivity contribution < 1.29 is 19.0 Å². The number of aliphatic hydroxyl groups excluding tert-OH is 1. The van der Waals surface area contributed by atoms with Gasteiger partial charge < -0.3 is 20.5 Å². The molecule has 1 saturated carbocycles. The Balaban J connectivity index is 1.87. The van der Waals surface area contributed by atoms with Crippen LogP contribution in [0.3, 0.4) is 0 Å². The Morgan fingerprint density at radius 3 is 2.73 bits per heavy atom. The molecule has 6 heteroatoms. The summed E-state index contributed by atoms with van der Waals surface area (Å²) >= 11 is 0. The highest BCUT2D eigenvalue weighted by Gasteiger charge is 2.34. The van der Waals surface area contributed by atoms with Crippen LogP contribution in [0.5, 0.6) is 5.75 Å². The van der Waals surface area contributed by atoms with Crippen molar-refractivity contribution >= 4 is 6.03 Å². The van der Waals surface area contributed by atoms with Crippen LogP contribution in [0.2, 0.25) is 0 Å². The van der Waals surface area contributed by atoms with Gasteiger partial charge in [0.05, 0.1) is 18.8 Å². The largest absolute Gasteiger partial charge is 0.491 e. The molecule has 0 bridgehead atoms. The van der Waals surface area contributed by atoms with Gasteiger partial charge in [0.15, 0.2) is 11.6 Å². The Labute approximate surface area is 129 Å². The summed E-state index contributed by atoms with van der Waals surface area (Å²) in [6.45, 7) is 2.36. The quantitative estimate of drug-likeness (QED) is 0.755. The molecule has 122 valence electrons. The number of carbonyl (C=O) groups is 1. The monoisotopic (exact) mass is 310 g/mol. The zero-order valence-corrected chi connectivity index (χ0v) is 12.8. The number of urea groups is 1. The van der Waals surface area contributed by atoms with Gasteiger partial charge in [-0.1, -0.05) is 18.9 Å². The zero-order valence-electron chi connectivity index (χ0n) is 12.8. The standard InChI is InChI=1S/C16H23FN2O3/c1-2-22-14-6-5-12(9-13(14)17)10-18-15(21)19-16(11-20)7-3-4-8-16/h5-6,9,20H,2-4,7-8,10-11H2,1H3,(H2,18,19,21). The van der Waals surface area contributed by atoms with Crippen molar-refractivity contribution in [2.45, 2.75) is 44.7 Å². The van der Waals surface area contributed by atoms with Crippen LogP contribution >= 0.6 is 0 Å². The minimum atomic E-state index is -0.506. The number of halogens is 1. The molecule has 1 aromatic rings. The van der Waals surface area contributed by atoms with E-state index in [0.717, 1.165) is 25.7 Å². The van der Waals surface area contributed by atoms with E-state index in [1.54, 1.807) is 19.1 Å². The highest BCUT2D eigenvalue weighted by molar-refractivity contribution is 5.74. The molecule has 0 aromatic heterocycles. The van der Waals surface area contributed by atoms with Crippen LogP contribution in [-0.2, 0) is 6.54 Å². The molecule has 3 N–H and O–H groups in total. The van der Waals surface area contributed by atoms with Gasteiger partial charge >= 0.3 is 6.03 Å². The van der Waals surface area contributed by atoms with Gasteiger partial charge in [-0.3, -0.25) is 0 Å². The topological polar surface area (TPSA) is 70.6 Å². The lowest BCUT2D eigenvalue weighted by Crippen LogP contribution is -2.52. The summed E-state index contributed by atoms with van der Waals surface area (Å²) < 4.78 is 18.8. The fourth-order valence-electron chi connectivity index (χ4n) is 2.77. The summed E-state index contributed by atoms with van der Waals surface area (Å²) in [5, 5.41) is 15.0. The van der Waals surface area contributed by atoms with E-state index in [-0.39, 0.29) is 24.9 Å². The van der Waals surface area contributed by atoms with Crippen LogP contribution in [-0.4, -0.2) is 29.9 Å². The molecule has 2 rings (SSSR count). The number of benzene rings is 1. The second-order valence-corrected chi connectivity index (χ2v) is 5.65. The lowest BCUT2D eigenvalue weighted by molar-refractivity contribution is 0.162. The molecule has 5 nitrogen and oxygen atoms in total. The Bertz CT molecular complexity index is 516. The maximum atomic E-state index is 13.7. The summed E-state index contributed by atoms with van der Waals surface area (Å²) in [6, 6.07) is 4.28. The van der Waals surface area contributed by atoms with E-state index < -0.39 is 11.4 Å². The molecule has 0 unspecified atom stereocenters. The predicted molar refractivity (Wildman–Crippen MR) is 81.2 cm³/mol. The van der Waals surface area contributed by atoms with Crippen molar-refractivity contribution in [3.8, 4) is 5.75 Å². The van der Waals surface area contributed by atoms with Crippen LogP contribution in [0, 0.1) is 5.82 Å². The van der Waals surface area contributed by atoms with Crippen LogP contribution < -0.4 is 15.4 Å². The minimum Gasteiger partial charge on any atom is -0.491 e. The molecule has 2 amide bonds. The molecular formula is C16H23FN2O3. The molecule has 0 radical (unpaired) electrons. The summed E-state index contributed by atoms with van der Waals surface area (Å²) in [4.78, 5) is 11.9. The first-order valence-corrected chi connectivity index (χ1v) is 7.67. The Morgan fingerprint density at radius 1 is 1.41 bits per heavy atom. The lowest BCUT2D eigenvalue weighted by Gasteiger charge is -2.28. The summed E-state index contributed by atoms with van der Waals surface area (Å²) in [5.41, 5.74) is 0.148. The maximum absolute atomic E-state index is 13.7. The van der Waals surface area contributed by atoms with Gasteiger partial charge in [-0.15, -0.1) is 0 Å². The Kier molecular flexibility index (Phi) is 5.60. The SMILES string of the molecule is CCOc1ccc(CNC(=O)NC2(CO)CCCC2)cc1F. The Hall–Kier alpha value is -1.82. The van der Waals surface area contributed by atoms with Crippen molar-refractivity contribution in [3.05, 3.63) is 29.6 Å². The number of nitrogens with one attached hydrogen (secondary N) is 2. The van der Waals surface area contributed by atoms with Crippen molar-refractivity contribution in [2.75, 3.05) is 13.2 Å². The van der Waals surface area contributed by atoms with Crippen LogP contribution in [0.15, 0.2) is 18.2 Å². The molecule has 0 saturated heterocycles. The van der Waals surface area contributed by atoms with E-state index in [4.69, 9.17) is 4.74 Å². The number of carbonyl (C=O) groups excluding carboxylic acids is 1. The number of aliphatic hydroxyl groups is 1. The van der Waals surface area contributed by atoms with Gasteiger partial charge in [-0.2, -0.15) is 0 Å². The average Bonchev–Trinajstić information content (AvgIpc) is 2.97. The first-order valence-electron chi connectivity index (χ1n) is 7.67. The molecule has 1 aliphatic carbocycles. The molecule has 0 heterocycles. The molecule has 0 spiro atoms. The van der Waals surface area contributed by atoms with Gasteiger partial charge in [0.25, 0.3) is 0 Å². The smallest absolute Gasteiger partial charge is 0.315 e. The van der Waals surface area contributed by atoms with Crippen molar-refractivity contribution in [1.29, 1.82) is 0 Å². The third-order valence-electron chi connectivity index (χ3n) is 3.99. The number of amides is 2. The maximum Gasteiger partial charge on any atom is 0.315 e. The van der Waals surface area contributed by atoms with Crippen molar-refractivity contribution in [2.24, 2.45) is 0 Å². The summed E-state index contributed by atoms with van der Waals surface area (Å²) in [7, 11) is 0. The molecule has 22 heavy (non-hydrogen) atoms. The van der Waals surface area contributed by atoms with E-state index in [2.05, 4.69) is 10.6 Å². The lowest BCUT2D eigenvalue weighted by atomic mass is 9.99. The van der Waals surface area contributed by atoms with E-state index in [1.807, 2.05) is 0 Å². The van der Waals surface area contributed by atoms with E-state index in [1.165, 1.54) is 6.07 Å². The highest BCUT2D eigenvalue weighted by atomic mass is 19.1. The number of rotatable bonds is 6. The molecule has 0 aliphatic heterocycles.